The molecule has 28 heavy (non-hydrogen) atoms. The van der Waals surface area contributed by atoms with Crippen LogP contribution in [0, 0.1) is 0 Å². The van der Waals surface area contributed by atoms with E-state index in [0.29, 0.717) is 11.8 Å². The monoisotopic (exact) mass is 502 g/mol. The number of phenolic OH excluding ortho intramolecular Hbond substituents is 1. The highest BCUT2D eigenvalue weighted by Gasteiger charge is 2.27. The molecule has 2 aliphatic rings. The molecule has 3 rings (SSSR count). The zero-order valence-electron chi connectivity index (χ0n) is 17.1. The van der Waals surface area contributed by atoms with Gasteiger partial charge in [-0.3, -0.25) is 4.99 Å². The molecule has 1 aliphatic carbocycles. The number of aromatic hydroxyl groups is 1. The molecule has 158 valence electrons. The van der Waals surface area contributed by atoms with E-state index in [1.165, 1.54) is 51.6 Å². The summed E-state index contributed by atoms with van der Waals surface area (Å²) in [6.45, 7) is 3.11. The molecular weight excluding hydrogens is 467 g/mol. The first-order valence-corrected chi connectivity index (χ1v) is 10.3. The van der Waals surface area contributed by atoms with Gasteiger partial charge in [-0.25, -0.2) is 0 Å². The quantitative estimate of drug-likeness (QED) is 0.317. The van der Waals surface area contributed by atoms with Crippen LogP contribution in [-0.4, -0.2) is 61.8 Å². The summed E-state index contributed by atoms with van der Waals surface area (Å²) in [6, 6.07) is 6.76. The summed E-state index contributed by atoms with van der Waals surface area (Å²) in [4.78, 5) is 7.05. The summed E-state index contributed by atoms with van der Waals surface area (Å²) in [5.41, 5.74) is 0.906. The van der Waals surface area contributed by atoms with E-state index in [4.69, 9.17) is 4.74 Å². The Morgan fingerprint density at radius 2 is 1.93 bits per heavy atom. The molecule has 0 amide bonds. The average molecular weight is 502 g/mol. The lowest BCUT2D eigenvalue weighted by Crippen LogP contribution is -2.50. The second-order valence-electron chi connectivity index (χ2n) is 7.64. The first kappa shape index (κ1) is 23.1. The van der Waals surface area contributed by atoms with E-state index in [0.717, 1.165) is 30.5 Å². The lowest BCUT2D eigenvalue weighted by molar-refractivity contribution is 0.150. The lowest BCUT2D eigenvalue weighted by Gasteiger charge is -2.36. The third kappa shape index (κ3) is 6.40. The third-order valence-corrected chi connectivity index (χ3v) is 5.91. The molecule has 0 radical (unpaired) electrons. The van der Waals surface area contributed by atoms with Crippen LogP contribution in [-0.2, 0) is 6.42 Å². The van der Waals surface area contributed by atoms with Crippen molar-refractivity contribution in [3.63, 3.8) is 0 Å². The number of rotatable bonds is 6. The molecule has 0 bridgehead atoms. The van der Waals surface area contributed by atoms with Crippen molar-refractivity contribution in [2.24, 2.45) is 4.99 Å². The van der Waals surface area contributed by atoms with Gasteiger partial charge < -0.3 is 25.4 Å². The highest BCUT2D eigenvalue weighted by Crippen LogP contribution is 2.26. The Morgan fingerprint density at radius 3 is 2.54 bits per heavy atom. The van der Waals surface area contributed by atoms with Crippen molar-refractivity contribution < 1.29 is 9.84 Å². The normalized spacial score (nSPS) is 19.3. The number of aliphatic imine (C=N–C) groups is 1. The summed E-state index contributed by atoms with van der Waals surface area (Å²) < 4.78 is 5.13. The SMILES string of the molecule is CN=C(NCCc1ccc(OC)cc1O)NC1CCN(C2CCCC2)CC1.I. The molecule has 3 N–H and O–H groups in total. The number of ether oxygens (including phenoxy) is 1. The summed E-state index contributed by atoms with van der Waals surface area (Å²) in [5.74, 6) is 1.80. The predicted octanol–water partition coefficient (Wildman–Crippen LogP) is 3.13. The Kier molecular flexibility index (Phi) is 9.64. The number of nitrogens with zero attached hydrogens (tertiary/aromatic N) is 2. The van der Waals surface area contributed by atoms with Crippen LogP contribution >= 0.6 is 24.0 Å². The molecule has 7 heteroatoms. The van der Waals surface area contributed by atoms with Crippen LogP contribution in [0.2, 0.25) is 0 Å². The minimum Gasteiger partial charge on any atom is -0.508 e. The molecule has 2 fully saturated rings. The zero-order valence-corrected chi connectivity index (χ0v) is 19.4. The molecule has 1 heterocycles. The molecule has 6 nitrogen and oxygen atoms in total. The second-order valence-corrected chi connectivity index (χ2v) is 7.64. The summed E-state index contributed by atoms with van der Waals surface area (Å²) in [7, 11) is 3.41. The van der Waals surface area contributed by atoms with Gasteiger partial charge in [0.05, 0.1) is 7.11 Å². The number of halogens is 1. The van der Waals surface area contributed by atoms with Crippen LogP contribution < -0.4 is 15.4 Å². The predicted molar refractivity (Wildman–Crippen MR) is 125 cm³/mol. The van der Waals surface area contributed by atoms with Crippen LogP contribution in [0.5, 0.6) is 11.5 Å². The minimum atomic E-state index is 0. The number of piperidine rings is 1. The van der Waals surface area contributed by atoms with E-state index in [-0.39, 0.29) is 29.7 Å². The number of likely N-dealkylation sites (tertiary alicyclic amines) is 1. The molecule has 0 aromatic heterocycles. The van der Waals surface area contributed by atoms with Gasteiger partial charge in [0.25, 0.3) is 0 Å². The van der Waals surface area contributed by atoms with E-state index >= 15 is 0 Å². The molecule has 0 spiro atoms. The van der Waals surface area contributed by atoms with Crippen LogP contribution in [0.15, 0.2) is 23.2 Å². The van der Waals surface area contributed by atoms with Gasteiger partial charge in [0.2, 0.25) is 0 Å². The van der Waals surface area contributed by atoms with Gasteiger partial charge in [0, 0.05) is 44.8 Å². The van der Waals surface area contributed by atoms with Crippen molar-refractivity contribution in [1.82, 2.24) is 15.5 Å². The lowest BCUT2D eigenvalue weighted by atomic mass is 10.0. The second kappa shape index (κ2) is 11.7. The van der Waals surface area contributed by atoms with Gasteiger partial charge in [0.15, 0.2) is 5.96 Å². The minimum absolute atomic E-state index is 0. The molecule has 1 saturated heterocycles. The Bertz CT molecular complexity index is 627. The first-order chi connectivity index (χ1) is 13.2. The maximum Gasteiger partial charge on any atom is 0.191 e. The Labute approximate surface area is 186 Å². The molecule has 0 unspecified atom stereocenters. The number of hydrogen-bond acceptors (Lipinski definition) is 4. The van der Waals surface area contributed by atoms with E-state index in [1.54, 1.807) is 13.2 Å². The summed E-state index contributed by atoms with van der Waals surface area (Å²) in [6.07, 6.45) is 8.68. The van der Waals surface area contributed by atoms with Gasteiger partial charge in [-0.1, -0.05) is 18.9 Å². The van der Waals surface area contributed by atoms with Crippen molar-refractivity contribution in [2.75, 3.05) is 33.8 Å². The summed E-state index contributed by atoms with van der Waals surface area (Å²) >= 11 is 0. The fraction of sp³-hybridized carbons (Fsp3) is 0.667. The van der Waals surface area contributed by atoms with E-state index in [1.807, 2.05) is 19.2 Å². The van der Waals surface area contributed by atoms with Crippen molar-refractivity contribution >= 4 is 29.9 Å². The maximum absolute atomic E-state index is 10.1. The number of phenols is 1. The molecule has 1 aromatic rings. The fourth-order valence-corrected chi connectivity index (χ4v) is 4.26. The van der Waals surface area contributed by atoms with Crippen molar-refractivity contribution in [1.29, 1.82) is 0 Å². The topological polar surface area (TPSA) is 69.1 Å². The smallest absolute Gasteiger partial charge is 0.191 e. The zero-order chi connectivity index (χ0) is 19.1. The number of hydrogen-bond donors (Lipinski definition) is 3. The van der Waals surface area contributed by atoms with E-state index < -0.39 is 0 Å². The number of methoxy groups -OCH3 is 1. The van der Waals surface area contributed by atoms with Crippen molar-refractivity contribution in [2.45, 2.75) is 57.0 Å². The number of nitrogens with one attached hydrogen (secondary N) is 2. The fourth-order valence-electron chi connectivity index (χ4n) is 4.26. The molecular formula is C21H35IN4O2. The highest BCUT2D eigenvalue weighted by molar-refractivity contribution is 14.0. The maximum atomic E-state index is 10.1. The van der Waals surface area contributed by atoms with Gasteiger partial charge in [-0.05, 0) is 43.7 Å². The van der Waals surface area contributed by atoms with Crippen molar-refractivity contribution in [3.05, 3.63) is 23.8 Å². The largest absolute Gasteiger partial charge is 0.508 e. The van der Waals surface area contributed by atoms with E-state index in [9.17, 15) is 5.11 Å². The van der Waals surface area contributed by atoms with Gasteiger partial charge >= 0.3 is 0 Å². The Balaban J connectivity index is 0.00000280. The van der Waals surface area contributed by atoms with E-state index in [2.05, 4.69) is 20.5 Å². The molecule has 1 aromatic carbocycles. The van der Waals surface area contributed by atoms with Crippen LogP contribution in [0.25, 0.3) is 0 Å². The molecule has 1 aliphatic heterocycles. The van der Waals surface area contributed by atoms with Crippen LogP contribution in [0.1, 0.15) is 44.1 Å². The Morgan fingerprint density at radius 1 is 1.21 bits per heavy atom. The molecule has 0 atom stereocenters. The van der Waals surface area contributed by atoms with Crippen LogP contribution in [0.3, 0.4) is 0 Å². The van der Waals surface area contributed by atoms with Gasteiger partial charge in [-0.15, -0.1) is 24.0 Å². The highest BCUT2D eigenvalue weighted by atomic mass is 127. The summed E-state index contributed by atoms with van der Waals surface area (Å²) in [5, 5.41) is 17.0. The number of benzene rings is 1. The van der Waals surface area contributed by atoms with Gasteiger partial charge in [-0.2, -0.15) is 0 Å². The van der Waals surface area contributed by atoms with Gasteiger partial charge in [0.1, 0.15) is 11.5 Å². The first-order valence-electron chi connectivity index (χ1n) is 10.3. The Hall–Kier alpha value is -1.22. The number of guanidine groups is 1. The third-order valence-electron chi connectivity index (χ3n) is 5.91. The standard InChI is InChI=1S/C21H34N4O2.HI/c1-22-21(23-12-9-16-7-8-19(27-2)15-20(16)26)24-17-10-13-25(14-11-17)18-5-3-4-6-18;/h7-8,15,17-18,26H,3-6,9-14H2,1-2H3,(H2,22,23,24);1H. The van der Waals surface area contributed by atoms with Crippen LogP contribution in [0.4, 0.5) is 0 Å². The van der Waals surface area contributed by atoms with Crippen molar-refractivity contribution in [3.8, 4) is 11.5 Å². The average Bonchev–Trinajstić information content (AvgIpc) is 3.23. The molecule has 1 saturated carbocycles.